The summed E-state index contributed by atoms with van der Waals surface area (Å²) in [6.07, 6.45) is 8.73. The zero-order valence-electron chi connectivity index (χ0n) is 14.8. The minimum absolute atomic E-state index is 0.115. The molecule has 0 spiro atoms. The molecule has 0 atom stereocenters. The molecule has 0 aliphatic heterocycles. The van der Waals surface area contributed by atoms with Crippen molar-refractivity contribution in [3.05, 3.63) is 82.6 Å². The molecule has 134 valence electrons. The monoisotopic (exact) mass is 367 g/mol. The highest BCUT2D eigenvalue weighted by Gasteiger charge is 2.16. The molecule has 5 aromatic heterocycles. The van der Waals surface area contributed by atoms with Crippen molar-refractivity contribution in [3.8, 4) is 16.9 Å². The molecule has 0 aromatic carbocycles. The van der Waals surface area contributed by atoms with Crippen molar-refractivity contribution >= 4 is 22.4 Å². The van der Waals surface area contributed by atoms with Gasteiger partial charge in [0, 0.05) is 48.2 Å². The highest BCUT2D eigenvalue weighted by atomic mass is 16.1. The first-order valence-corrected chi connectivity index (χ1v) is 8.54. The van der Waals surface area contributed by atoms with E-state index < -0.39 is 0 Å². The van der Waals surface area contributed by atoms with Gasteiger partial charge in [-0.2, -0.15) is 5.10 Å². The van der Waals surface area contributed by atoms with Gasteiger partial charge in [0.25, 0.3) is 0 Å². The van der Waals surface area contributed by atoms with Gasteiger partial charge in [0.15, 0.2) is 11.2 Å². The molecular formula is C20H13N7O. The van der Waals surface area contributed by atoms with Crippen LogP contribution in [0.3, 0.4) is 0 Å². The number of nitrogens with one attached hydrogen (secondary N) is 1. The molecule has 0 fully saturated rings. The summed E-state index contributed by atoms with van der Waals surface area (Å²) in [6, 6.07) is 7.11. The summed E-state index contributed by atoms with van der Waals surface area (Å²) >= 11 is 0. The Kier molecular flexibility index (Phi) is 3.36. The number of rotatable bonds is 2. The minimum atomic E-state index is -0.115. The van der Waals surface area contributed by atoms with Gasteiger partial charge in [-0.05, 0) is 25.1 Å². The van der Waals surface area contributed by atoms with Crippen molar-refractivity contribution in [2.24, 2.45) is 0 Å². The molecule has 0 unspecified atom stereocenters. The van der Waals surface area contributed by atoms with Crippen molar-refractivity contribution in [3.63, 3.8) is 0 Å². The van der Waals surface area contributed by atoms with Gasteiger partial charge in [-0.3, -0.25) is 4.79 Å². The standard InChI is InChI=1S/C20H13N7O/c1-12-16(21-2)11-27(25-12)20-14(9-15-17(28)5-6-23-19(15)24-20)13-3-4-18-22-7-8-26(18)10-13/h3-11H,1H3,(H,23,24,28). The van der Waals surface area contributed by atoms with E-state index in [1.807, 2.05) is 35.0 Å². The molecule has 0 saturated heterocycles. The van der Waals surface area contributed by atoms with Crippen molar-refractivity contribution < 1.29 is 0 Å². The van der Waals surface area contributed by atoms with Crippen LogP contribution in [-0.2, 0) is 0 Å². The molecule has 5 rings (SSSR count). The third-order valence-electron chi connectivity index (χ3n) is 4.63. The first-order chi connectivity index (χ1) is 13.6. The summed E-state index contributed by atoms with van der Waals surface area (Å²) in [5.41, 5.74) is 3.84. The fourth-order valence-electron chi connectivity index (χ4n) is 3.22. The SMILES string of the molecule is [C-]#[N+]c1cn(-c2nc3[nH]ccc(=O)c3cc2-c2ccc3nccn3c2)nc1C. The Morgan fingerprint density at radius 2 is 2.11 bits per heavy atom. The second-order valence-electron chi connectivity index (χ2n) is 6.36. The molecule has 0 radical (unpaired) electrons. The Morgan fingerprint density at radius 3 is 2.93 bits per heavy atom. The number of imidazole rings is 1. The minimum Gasteiger partial charge on any atom is -0.346 e. The van der Waals surface area contributed by atoms with E-state index in [0.717, 1.165) is 16.8 Å². The van der Waals surface area contributed by atoms with Crippen molar-refractivity contribution in [1.29, 1.82) is 0 Å². The molecule has 0 aliphatic carbocycles. The Bertz CT molecular complexity index is 1470. The lowest BCUT2D eigenvalue weighted by Gasteiger charge is -2.11. The van der Waals surface area contributed by atoms with E-state index in [0.29, 0.717) is 28.2 Å². The predicted molar refractivity (Wildman–Crippen MR) is 105 cm³/mol. The van der Waals surface area contributed by atoms with Gasteiger partial charge in [0.2, 0.25) is 5.69 Å². The van der Waals surface area contributed by atoms with Crippen LogP contribution in [0.15, 0.2) is 60.0 Å². The van der Waals surface area contributed by atoms with Gasteiger partial charge in [-0.1, -0.05) is 0 Å². The normalized spacial score (nSPS) is 11.1. The van der Waals surface area contributed by atoms with E-state index in [1.165, 1.54) is 6.07 Å². The number of hydrogen-bond acceptors (Lipinski definition) is 4. The van der Waals surface area contributed by atoms with Crippen LogP contribution in [0.25, 0.3) is 38.5 Å². The number of aryl methyl sites for hydroxylation is 1. The van der Waals surface area contributed by atoms with Gasteiger partial charge >= 0.3 is 0 Å². The Balaban J connectivity index is 1.85. The van der Waals surface area contributed by atoms with E-state index in [9.17, 15) is 4.79 Å². The second kappa shape index (κ2) is 5.89. The predicted octanol–water partition coefficient (Wildman–Crippen LogP) is 3.28. The molecule has 8 nitrogen and oxygen atoms in total. The number of hydrogen-bond donors (Lipinski definition) is 1. The Morgan fingerprint density at radius 1 is 1.21 bits per heavy atom. The quantitative estimate of drug-likeness (QED) is 0.485. The van der Waals surface area contributed by atoms with E-state index in [4.69, 9.17) is 6.57 Å². The average Bonchev–Trinajstić information content (AvgIpc) is 3.32. The maximum Gasteiger partial charge on any atom is 0.227 e. The Labute approximate surface area is 158 Å². The lowest BCUT2D eigenvalue weighted by molar-refractivity contribution is 0.837. The maximum atomic E-state index is 12.3. The molecule has 0 aliphatic rings. The van der Waals surface area contributed by atoms with Gasteiger partial charge in [-0.15, -0.1) is 0 Å². The van der Waals surface area contributed by atoms with Gasteiger partial charge in [0.05, 0.1) is 17.7 Å². The lowest BCUT2D eigenvalue weighted by atomic mass is 10.1. The Hall–Kier alpha value is -4.25. The summed E-state index contributed by atoms with van der Waals surface area (Å²) in [7, 11) is 0. The van der Waals surface area contributed by atoms with Crippen LogP contribution in [0.5, 0.6) is 0 Å². The average molecular weight is 367 g/mol. The zero-order valence-corrected chi connectivity index (χ0v) is 14.8. The van der Waals surface area contributed by atoms with Crippen molar-refractivity contribution in [1.82, 2.24) is 29.1 Å². The van der Waals surface area contributed by atoms with Crippen molar-refractivity contribution in [2.45, 2.75) is 6.92 Å². The van der Waals surface area contributed by atoms with Crippen LogP contribution < -0.4 is 5.43 Å². The first-order valence-electron chi connectivity index (χ1n) is 8.54. The number of H-pyrrole nitrogens is 1. The molecular weight excluding hydrogens is 354 g/mol. The van der Waals surface area contributed by atoms with Crippen molar-refractivity contribution in [2.75, 3.05) is 0 Å². The molecule has 5 aromatic rings. The third kappa shape index (κ3) is 2.38. The van der Waals surface area contributed by atoms with Gasteiger partial charge in [-0.25, -0.2) is 19.5 Å². The van der Waals surface area contributed by atoms with Crippen LogP contribution in [0, 0.1) is 13.5 Å². The molecule has 0 saturated carbocycles. The van der Waals surface area contributed by atoms with E-state index in [1.54, 1.807) is 30.2 Å². The highest BCUT2D eigenvalue weighted by Crippen LogP contribution is 2.29. The fourth-order valence-corrected chi connectivity index (χ4v) is 3.22. The highest BCUT2D eigenvalue weighted by molar-refractivity contribution is 5.85. The molecule has 8 heteroatoms. The summed E-state index contributed by atoms with van der Waals surface area (Å²) in [5.74, 6) is 0.534. The number of fused-ring (bicyclic) bond motifs is 2. The second-order valence-corrected chi connectivity index (χ2v) is 6.36. The first kappa shape index (κ1) is 16.0. The number of pyridine rings is 3. The molecule has 5 heterocycles. The van der Waals surface area contributed by atoms with E-state index in [2.05, 4.69) is 24.9 Å². The van der Waals surface area contributed by atoms with Crippen LogP contribution in [0.2, 0.25) is 0 Å². The summed E-state index contributed by atoms with van der Waals surface area (Å²) in [5, 5.41) is 4.94. The van der Waals surface area contributed by atoms with Crippen LogP contribution in [-0.4, -0.2) is 29.1 Å². The number of aromatic nitrogens is 6. The molecule has 0 amide bonds. The molecule has 1 N–H and O–H groups in total. The summed E-state index contributed by atoms with van der Waals surface area (Å²) in [4.78, 5) is 27.8. The third-order valence-corrected chi connectivity index (χ3v) is 4.63. The lowest BCUT2D eigenvalue weighted by Crippen LogP contribution is -2.07. The number of nitrogens with zero attached hydrogens (tertiary/aromatic N) is 6. The zero-order chi connectivity index (χ0) is 19.3. The fraction of sp³-hybridized carbons (Fsp3) is 0.0500. The van der Waals surface area contributed by atoms with E-state index >= 15 is 0 Å². The molecule has 28 heavy (non-hydrogen) atoms. The maximum absolute atomic E-state index is 12.3. The summed E-state index contributed by atoms with van der Waals surface area (Å²) < 4.78 is 3.48. The topological polar surface area (TPSA) is 85.2 Å². The van der Waals surface area contributed by atoms with Crippen LogP contribution in [0.4, 0.5) is 5.69 Å². The smallest absolute Gasteiger partial charge is 0.227 e. The van der Waals surface area contributed by atoms with Gasteiger partial charge in [0.1, 0.15) is 11.3 Å². The van der Waals surface area contributed by atoms with E-state index in [-0.39, 0.29) is 5.43 Å². The van der Waals surface area contributed by atoms with Gasteiger partial charge < -0.3 is 9.38 Å². The summed E-state index contributed by atoms with van der Waals surface area (Å²) in [6.45, 7) is 9.09. The van der Waals surface area contributed by atoms with Crippen LogP contribution in [0.1, 0.15) is 5.69 Å². The molecule has 0 bridgehead atoms. The van der Waals surface area contributed by atoms with Crippen LogP contribution >= 0.6 is 0 Å². The largest absolute Gasteiger partial charge is 0.346 e. The number of aromatic amines is 1.